The number of nitrogens with zero attached hydrogens (tertiary/aromatic N) is 2. The summed E-state index contributed by atoms with van der Waals surface area (Å²) in [7, 11) is 0. The van der Waals surface area contributed by atoms with Gasteiger partial charge in [0.05, 0.1) is 11.4 Å². The summed E-state index contributed by atoms with van der Waals surface area (Å²) in [6.07, 6.45) is 5.89. The molecule has 2 aliphatic rings. The summed E-state index contributed by atoms with van der Waals surface area (Å²) in [4.78, 5) is 13.5. The second kappa shape index (κ2) is 4.62. The average Bonchev–Trinajstić information content (AvgIpc) is 3.33. The van der Waals surface area contributed by atoms with Crippen LogP contribution in [0.2, 0.25) is 0 Å². The highest BCUT2D eigenvalue weighted by atomic mass is 32.1. The minimum atomic E-state index is 0.944. The van der Waals surface area contributed by atoms with E-state index in [4.69, 9.17) is 4.98 Å². The third-order valence-electron chi connectivity index (χ3n) is 4.89. The van der Waals surface area contributed by atoms with E-state index in [1.54, 1.807) is 0 Å². The molecule has 4 aromatic rings. The van der Waals surface area contributed by atoms with E-state index in [-0.39, 0.29) is 0 Å². The largest absolute Gasteiger partial charge is 0.254 e. The van der Waals surface area contributed by atoms with E-state index >= 15 is 0 Å². The van der Waals surface area contributed by atoms with Crippen LogP contribution in [0, 0.1) is 0 Å². The van der Waals surface area contributed by atoms with Gasteiger partial charge in [0.1, 0.15) is 0 Å². The molecule has 0 bridgehead atoms. The Morgan fingerprint density at radius 2 is 1.75 bits per heavy atom. The van der Waals surface area contributed by atoms with Crippen molar-refractivity contribution in [1.29, 1.82) is 0 Å². The maximum Gasteiger partial charge on any atom is 0.0924 e. The number of hydrogen-bond donors (Lipinski definition) is 0. The topological polar surface area (TPSA) is 25.8 Å². The molecule has 0 saturated carbocycles. The molecule has 2 nitrogen and oxygen atoms in total. The summed E-state index contributed by atoms with van der Waals surface area (Å²) in [6.45, 7) is 0. The fourth-order valence-electron chi connectivity index (χ4n) is 3.77. The molecule has 0 saturated heterocycles. The molecule has 0 unspecified atom stereocenters. The van der Waals surface area contributed by atoms with Crippen LogP contribution in [0.5, 0.6) is 0 Å². The molecule has 0 aromatic carbocycles. The molecule has 0 radical (unpaired) electrons. The van der Waals surface area contributed by atoms with Crippen LogP contribution in [0.3, 0.4) is 0 Å². The Morgan fingerprint density at radius 1 is 0.833 bits per heavy atom. The minimum Gasteiger partial charge on any atom is -0.254 e. The van der Waals surface area contributed by atoms with Crippen LogP contribution < -0.4 is 0 Å². The summed E-state index contributed by atoms with van der Waals surface area (Å²) < 4.78 is 0. The van der Waals surface area contributed by atoms with Crippen molar-refractivity contribution in [3.63, 3.8) is 0 Å². The lowest BCUT2D eigenvalue weighted by Crippen LogP contribution is -1.87. The van der Waals surface area contributed by atoms with Crippen molar-refractivity contribution in [2.24, 2.45) is 0 Å². The molecular formula is C20H12N2S2. The zero-order chi connectivity index (χ0) is 15.7. The van der Waals surface area contributed by atoms with E-state index in [2.05, 4.69) is 34.6 Å². The third-order valence-corrected chi connectivity index (χ3v) is 7.24. The number of aromatic nitrogens is 2. The quantitative estimate of drug-likeness (QED) is 0.398. The molecule has 0 spiro atoms. The molecule has 0 fully saturated rings. The van der Waals surface area contributed by atoms with Gasteiger partial charge in [0.15, 0.2) is 0 Å². The van der Waals surface area contributed by atoms with Crippen LogP contribution in [-0.4, -0.2) is 9.97 Å². The first-order valence-corrected chi connectivity index (χ1v) is 9.69. The van der Waals surface area contributed by atoms with Crippen LogP contribution in [0.1, 0.15) is 22.3 Å². The Morgan fingerprint density at radius 3 is 2.75 bits per heavy atom. The lowest BCUT2D eigenvalue weighted by atomic mass is 10.1. The van der Waals surface area contributed by atoms with E-state index in [0.717, 1.165) is 24.2 Å². The maximum atomic E-state index is 4.74. The molecule has 0 aliphatic heterocycles. The molecular weight excluding hydrogens is 332 g/mol. The van der Waals surface area contributed by atoms with Gasteiger partial charge in [0.25, 0.3) is 0 Å². The summed E-state index contributed by atoms with van der Waals surface area (Å²) >= 11 is 3.77. The Kier molecular flexibility index (Phi) is 2.51. The van der Waals surface area contributed by atoms with E-state index in [0.29, 0.717) is 0 Å². The van der Waals surface area contributed by atoms with Crippen molar-refractivity contribution in [2.75, 3.05) is 0 Å². The monoisotopic (exact) mass is 344 g/mol. The Hall–Kier alpha value is -2.30. The fraction of sp³-hybridized carbons (Fsp3) is 0.100. The predicted octanol–water partition coefficient (Wildman–Crippen LogP) is 5.41. The summed E-state index contributed by atoms with van der Waals surface area (Å²) in [6, 6.07) is 11.1. The second-order valence-electron chi connectivity index (χ2n) is 6.34. The van der Waals surface area contributed by atoms with Gasteiger partial charge in [0.2, 0.25) is 0 Å². The zero-order valence-electron chi connectivity index (χ0n) is 12.7. The molecule has 2 aliphatic carbocycles. The highest BCUT2D eigenvalue weighted by Gasteiger charge is 2.25. The first-order valence-electron chi connectivity index (χ1n) is 8.00. The molecule has 4 aromatic heterocycles. The van der Waals surface area contributed by atoms with Crippen LogP contribution >= 0.6 is 22.7 Å². The number of thiophene rings is 2. The van der Waals surface area contributed by atoms with Crippen LogP contribution in [0.4, 0.5) is 0 Å². The van der Waals surface area contributed by atoms with Gasteiger partial charge in [-0.2, -0.15) is 0 Å². The highest BCUT2D eigenvalue weighted by molar-refractivity contribution is 7.23. The molecule has 6 rings (SSSR count). The van der Waals surface area contributed by atoms with E-state index in [9.17, 15) is 0 Å². The second-order valence-corrected chi connectivity index (χ2v) is 8.30. The number of fused-ring (bicyclic) bond motifs is 6. The molecule has 24 heavy (non-hydrogen) atoms. The first-order chi connectivity index (χ1) is 11.9. The van der Waals surface area contributed by atoms with Crippen molar-refractivity contribution < 1.29 is 0 Å². The molecule has 4 heteroatoms. The maximum absolute atomic E-state index is 4.74. The lowest BCUT2D eigenvalue weighted by Gasteiger charge is -2.02. The molecule has 0 N–H and O–H groups in total. The highest BCUT2D eigenvalue weighted by Crippen LogP contribution is 2.48. The molecule has 4 heterocycles. The number of rotatable bonds is 1. The first kappa shape index (κ1) is 13.0. The SMILES string of the molecule is c1cnc2c(c1)Cc1cc(-c3cc4c(s3)-c3sccc3C4)cnc1-2. The molecule has 0 amide bonds. The van der Waals surface area contributed by atoms with Crippen molar-refractivity contribution in [3.8, 4) is 31.6 Å². The lowest BCUT2D eigenvalue weighted by molar-refractivity contribution is 1.22. The zero-order valence-corrected chi connectivity index (χ0v) is 14.4. The van der Waals surface area contributed by atoms with Crippen molar-refractivity contribution in [3.05, 3.63) is 70.4 Å². The van der Waals surface area contributed by atoms with Gasteiger partial charge in [-0.3, -0.25) is 9.97 Å². The van der Waals surface area contributed by atoms with Crippen molar-refractivity contribution >= 4 is 22.7 Å². The Bertz CT molecular complexity index is 1120. The van der Waals surface area contributed by atoms with Gasteiger partial charge in [-0.15, -0.1) is 22.7 Å². The minimum absolute atomic E-state index is 0.944. The van der Waals surface area contributed by atoms with E-state index in [1.807, 2.05) is 41.1 Å². The number of hydrogen-bond acceptors (Lipinski definition) is 4. The smallest absolute Gasteiger partial charge is 0.0924 e. The van der Waals surface area contributed by atoms with Gasteiger partial charge in [-0.05, 0) is 51.9 Å². The van der Waals surface area contributed by atoms with Crippen LogP contribution in [0.25, 0.3) is 31.6 Å². The Labute approximate surface area is 147 Å². The van der Waals surface area contributed by atoms with E-state index in [1.165, 1.54) is 42.4 Å². The van der Waals surface area contributed by atoms with Crippen molar-refractivity contribution in [2.45, 2.75) is 12.8 Å². The third kappa shape index (κ3) is 1.70. The van der Waals surface area contributed by atoms with Gasteiger partial charge < -0.3 is 0 Å². The van der Waals surface area contributed by atoms with Gasteiger partial charge in [0, 0.05) is 45.4 Å². The van der Waals surface area contributed by atoms with Gasteiger partial charge in [-0.1, -0.05) is 6.07 Å². The van der Waals surface area contributed by atoms with Crippen molar-refractivity contribution in [1.82, 2.24) is 9.97 Å². The van der Waals surface area contributed by atoms with Gasteiger partial charge in [-0.25, -0.2) is 0 Å². The normalized spacial score (nSPS) is 13.5. The summed E-state index contributed by atoms with van der Waals surface area (Å²) in [5.41, 5.74) is 8.89. The van der Waals surface area contributed by atoms with Gasteiger partial charge >= 0.3 is 0 Å². The fourth-order valence-corrected chi connectivity index (χ4v) is 6.07. The predicted molar refractivity (Wildman–Crippen MR) is 99.7 cm³/mol. The number of pyridine rings is 2. The Balaban J connectivity index is 1.45. The summed E-state index contributed by atoms with van der Waals surface area (Å²) in [5, 5.41) is 2.20. The average molecular weight is 344 g/mol. The van der Waals surface area contributed by atoms with Crippen LogP contribution in [-0.2, 0) is 12.8 Å². The standard InChI is InChI=1S/C20H12N2S2/c1-2-11-6-13-8-15(10-22-18(13)17(11)21-4-1)16-9-14-7-12-3-5-23-19(12)20(14)24-16/h1-5,8-10H,6-7H2. The molecule has 0 atom stereocenters. The van der Waals surface area contributed by atoms with Crippen LogP contribution in [0.15, 0.2) is 48.1 Å². The summed E-state index contributed by atoms with van der Waals surface area (Å²) in [5.74, 6) is 0. The van der Waals surface area contributed by atoms with E-state index < -0.39 is 0 Å². The molecule has 114 valence electrons.